The lowest BCUT2D eigenvalue weighted by Gasteiger charge is -2.20. The van der Waals surface area contributed by atoms with Gasteiger partial charge in [-0.15, -0.1) is 0 Å². The SMILES string of the molecule is CC1(c2cncc(F)c2)NC(=O)NC1=O. The molecule has 0 bridgehead atoms. The molecule has 0 radical (unpaired) electrons. The number of pyridine rings is 1. The Bertz CT molecular complexity index is 449. The second-order valence-corrected chi connectivity index (χ2v) is 3.43. The maximum atomic E-state index is 12.9. The van der Waals surface area contributed by atoms with E-state index in [4.69, 9.17) is 0 Å². The first-order valence-electron chi connectivity index (χ1n) is 4.27. The molecule has 2 N–H and O–H groups in total. The number of rotatable bonds is 1. The van der Waals surface area contributed by atoms with Crippen LogP contribution in [0.5, 0.6) is 0 Å². The van der Waals surface area contributed by atoms with Gasteiger partial charge in [0.1, 0.15) is 11.4 Å². The predicted molar refractivity (Wildman–Crippen MR) is 48.2 cm³/mol. The number of imide groups is 1. The van der Waals surface area contributed by atoms with E-state index >= 15 is 0 Å². The molecular formula is C9H8FN3O2. The van der Waals surface area contributed by atoms with Gasteiger partial charge in [0.05, 0.1) is 6.20 Å². The average molecular weight is 209 g/mol. The summed E-state index contributed by atoms with van der Waals surface area (Å²) in [6.07, 6.45) is 2.37. The van der Waals surface area contributed by atoms with Gasteiger partial charge in [0.15, 0.2) is 0 Å². The monoisotopic (exact) mass is 209 g/mol. The van der Waals surface area contributed by atoms with Crippen molar-refractivity contribution in [2.45, 2.75) is 12.5 Å². The molecule has 3 amide bonds. The third kappa shape index (κ3) is 1.43. The molecule has 78 valence electrons. The van der Waals surface area contributed by atoms with Crippen LogP contribution in [0.4, 0.5) is 9.18 Å². The molecule has 1 aliphatic heterocycles. The summed E-state index contributed by atoms with van der Waals surface area (Å²) in [5, 5.41) is 4.50. The molecule has 0 spiro atoms. The molecule has 0 saturated carbocycles. The van der Waals surface area contributed by atoms with E-state index in [0.717, 1.165) is 12.3 Å². The summed E-state index contributed by atoms with van der Waals surface area (Å²) in [4.78, 5) is 26.1. The van der Waals surface area contributed by atoms with E-state index in [1.807, 2.05) is 0 Å². The first-order chi connectivity index (χ1) is 7.02. The van der Waals surface area contributed by atoms with Gasteiger partial charge >= 0.3 is 6.03 Å². The lowest BCUT2D eigenvalue weighted by atomic mass is 9.94. The quantitative estimate of drug-likeness (QED) is 0.652. The zero-order valence-corrected chi connectivity index (χ0v) is 7.87. The number of hydrogen-bond donors (Lipinski definition) is 2. The van der Waals surface area contributed by atoms with Gasteiger partial charge in [0, 0.05) is 11.8 Å². The van der Waals surface area contributed by atoms with Crippen LogP contribution in [0.15, 0.2) is 18.5 Å². The zero-order valence-electron chi connectivity index (χ0n) is 7.87. The normalized spacial score (nSPS) is 24.9. The average Bonchev–Trinajstić information content (AvgIpc) is 2.42. The molecule has 6 heteroatoms. The Labute approximate surface area is 84.7 Å². The highest BCUT2D eigenvalue weighted by molar-refractivity contribution is 6.07. The fourth-order valence-corrected chi connectivity index (χ4v) is 1.43. The molecule has 1 fully saturated rings. The second-order valence-electron chi connectivity index (χ2n) is 3.43. The second kappa shape index (κ2) is 3.01. The van der Waals surface area contributed by atoms with Gasteiger partial charge in [-0.1, -0.05) is 0 Å². The van der Waals surface area contributed by atoms with Crippen molar-refractivity contribution in [3.63, 3.8) is 0 Å². The van der Waals surface area contributed by atoms with E-state index in [-0.39, 0.29) is 0 Å². The maximum Gasteiger partial charge on any atom is 0.322 e. The summed E-state index contributed by atoms with van der Waals surface area (Å²) in [7, 11) is 0. The van der Waals surface area contributed by atoms with Crippen molar-refractivity contribution >= 4 is 11.9 Å². The van der Waals surface area contributed by atoms with E-state index in [1.165, 1.54) is 13.1 Å². The lowest BCUT2D eigenvalue weighted by Crippen LogP contribution is -2.40. The highest BCUT2D eigenvalue weighted by Gasteiger charge is 2.43. The van der Waals surface area contributed by atoms with Crippen LogP contribution in [0.25, 0.3) is 0 Å². The van der Waals surface area contributed by atoms with Crippen LogP contribution in [0.1, 0.15) is 12.5 Å². The Morgan fingerprint density at radius 3 is 2.67 bits per heavy atom. The highest BCUT2D eigenvalue weighted by atomic mass is 19.1. The number of halogens is 1. The molecule has 1 aliphatic rings. The molecule has 0 aliphatic carbocycles. The zero-order chi connectivity index (χ0) is 11.1. The van der Waals surface area contributed by atoms with Gasteiger partial charge < -0.3 is 5.32 Å². The maximum absolute atomic E-state index is 12.9. The van der Waals surface area contributed by atoms with E-state index in [0.29, 0.717) is 5.56 Å². The molecule has 0 aromatic carbocycles. The van der Waals surface area contributed by atoms with Crippen LogP contribution in [-0.4, -0.2) is 16.9 Å². The van der Waals surface area contributed by atoms with Crippen LogP contribution < -0.4 is 10.6 Å². The minimum absolute atomic E-state index is 0.311. The number of carbonyl (C=O) groups excluding carboxylic acids is 2. The third-order valence-electron chi connectivity index (χ3n) is 2.33. The summed E-state index contributed by atoms with van der Waals surface area (Å²) in [6.45, 7) is 1.49. The van der Waals surface area contributed by atoms with Crippen LogP contribution in [0.3, 0.4) is 0 Å². The summed E-state index contributed by atoms with van der Waals surface area (Å²) in [5.41, 5.74) is -0.933. The van der Waals surface area contributed by atoms with Crippen LogP contribution in [0.2, 0.25) is 0 Å². The van der Waals surface area contributed by atoms with Crippen molar-refractivity contribution in [3.8, 4) is 0 Å². The molecule has 15 heavy (non-hydrogen) atoms. The van der Waals surface area contributed by atoms with Crippen molar-refractivity contribution < 1.29 is 14.0 Å². The Morgan fingerprint density at radius 2 is 2.13 bits per heavy atom. The Hall–Kier alpha value is -1.98. The summed E-state index contributed by atoms with van der Waals surface area (Å²) in [6, 6.07) is 0.574. The molecule has 5 nitrogen and oxygen atoms in total. The molecular weight excluding hydrogens is 201 g/mol. The Balaban J connectivity index is 2.46. The van der Waals surface area contributed by atoms with E-state index < -0.39 is 23.3 Å². The first kappa shape index (κ1) is 9.57. The van der Waals surface area contributed by atoms with Gasteiger partial charge in [-0.05, 0) is 13.0 Å². The topological polar surface area (TPSA) is 71.1 Å². The van der Waals surface area contributed by atoms with Crippen LogP contribution >= 0.6 is 0 Å². The van der Waals surface area contributed by atoms with E-state index in [1.54, 1.807) is 0 Å². The van der Waals surface area contributed by atoms with Crippen molar-refractivity contribution in [1.82, 2.24) is 15.6 Å². The van der Waals surface area contributed by atoms with Gasteiger partial charge in [0.2, 0.25) is 0 Å². The number of urea groups is 1. The van der Waals surface area contributed by atoms with E-state index in [2.05, 4.69) is 15.6 Å². The minimum atomic E-state index is -1.24. The summed E-state index contributed by atoms with van der Waals surface area (Å²) in [5.74, 6) is -1.07. The van der Waals surface area contributed by atoms with Crippen LogP contribution in [0, 0.1) is 5.82 Å². The first-order valence-corrected chi connectivity index (χ1v) is 4.27. The lowest BCUT2D eigenvalue weighted by molar-refractivity contribution is -0.123. The number of nitrogens with one attached hydrogen (secondary N) is 2. The molecule has 2 heterocycles. The smallest absolute Gasteiger partial charge is 0.320 e. The molecule has 1 aromatic rings. The van der Waals surface area contributed by atoms with Crippen molar-refractivity contribution in [2.24, 2.45) is 0 Å². The Kier molecular flexibility index (Phi) is 1.92. The van der Waals surface area contributed by atoms with Crippen molar-refractivity contribution in [1.29, 1.82) is 0 Å². The van der Waals surface area contributed by atoms with Crippen molar-refractivity contribution in [3.05, 3.63) is 29.8 Å². The molecule has 1 atom stereocenters. The molecule has 1 unspecified atom stereocenters. The van der Waals surface area contributed by atoms with E-state index in [9.17, 15) is 14.0 Å². The predicted octanol–water partition coefficient (Wildman–Crippen LogP) is 0.275. The van der Waals surface area contributed by atoms with Gasteiger partial charge in [0.25, 0.3) is 5.91 Å². The number of carbonyl (C=O) groups is 2. The number of nitrogens with zero attached hydrogens (tertiary/aromatic N) is 1. The fourth-order valence-electron chi connectivity index (χ4n) is 1.43. The largest absolute Gasteiger partial charge is 0.322 e. The number of aromatic nitrogens is 1. The van der Waals surface area contributed by atoms with Crippen LogP contribution in [-0.2, 0) is 10.3 Å². The Morgan fingerprint density at radius 1 is 1.40 bits per heavy atom. The van der Waals surface area contributed by atoms with Gasteiger partial charge in [-0.2, -0.15) is 0 Å². The van der Waals surface area contributed by atoms with Crippen molar-refractivity contribution in [2.75, 3.05) is 0 Å². The van der Waals surface area contributed by atoms with Gasteiger partial charge in [-0.3, -0.25) is 15.1 Å². The summed E-state index contributed by atoms with van der Waals surface area (Å²) < 4.78 is 12.9. The third-order valence-corrected chi connectivity index (χ3v) is 2.33. The fraction of sp³-hybridized carbons (Fsp3) is 0.222. The molecule has 2 rings (SSSR count). The minimum Gasteiger partial charge on any atom is -0.320 e. The number of hydrogen-bond acceptors (Lipinski definition) is 3. The van der Waals surface area contributed by atoms with Gasteiger partial charge in [-0.25, -0.2) is 9.18 Å². The number of amides is 3. The highest BCUT2D eigenvalue weighted by Crippen LogP contribution is 2.23. The molecule has 1 saturated heterocycles. The summed E-state index contributed by atoms with van der Waals surface area (Å²) >= 11 is 0. The molecule has 1 aromatic heterocycles. The standard InChI is InChI=1S/C9H8FN3O2/c1-9(7(14)12-8(15)13-9)5-2-6(10)4-11-3-5/h2-4H,1H3,(H2,12,13,14,15).